The maximum atomic E-state index is 12.6. The van der Waals surface area contributed by atoms with E-state index < -0.39 is 23.7 Å². The number of benzene rings is 1. The fraction of sp³-hybridized carbons (Fsp3) is 0.286. The van der Waals surface area contributed by atoms with Crippen molar-refractivity contribution in [3.63, 3.8) is 0 Å². The molecule has 2 amide bonds. The molecular formula is C21H21ClN2O5S. The Morgan fingerprint density at radius 1 is 1.23 bits per heavy atom. The summed E-state index contributed by atoms with van der Waals surface area (Å²) in [7, 11) is 1.58. The number of halogens is 1. The molecule has 1 saturated heterocycles. The maximum Gasteiger partial charge on any atom is 0.326 e. The highest BCUT2D eigenvalue weighted by atomic mass is 35.5. The van der Waals surface area contributed by atoms with E-state index >= 15 is 0 Å². The molecule has 7 nitrogen and oxygen atoms in total. The SMILES string of the molecule is CCOC(=O)CN1C(=O)SC(=Cc2cc(C)n(-c3cc(Cl)ccc3OC)c2C)C1=O. The lowest BCUT2D eigenvalue weighted by Crippen LogP contribution is -2.34. The summed E-state index contributed by atoms with van der Waals surface area (Å²) < 4.78 is 12.3. The van der Waals surface area contributed by atoms with E-state index in [0.29, 0.717) is 10.8 Å². The van der Waals surface area contributed by atoms with E-state index in [0.717, 1.165) is 39.3 Å². The Morgan fingerprint density at radius 2 is 1.97 bits per heavy atom. The minimum Gasteiger partial charge on any atom is -0.495 e. The van der Waals surface area contributed by atoms with Crippen molar-refractivity contribution < 1.29 is 23.9 Å². The molecule has 0 saturated carbocycles. The Bertz CT molecular complexity index is 1060. The molecule has 2 aromatic rings. The van der Waals surface area contributed by atoms with Crippen LogP contribution in [0.4, 0.5) is 4.79 Å². The second kappa shape index (κ2) is 8.97. The van der Waals surface area contributed by atoms with Crippen LogP contribution in [-0.2, 0) is 14.3 Å². The van der Waals surface area contributed by atoms with Gasteiger partial charge in [-0.05, 0) is 68.4 Å². The molecule has 1 aliphatic heterocycles. The molecule has 1 fully saturated rings. The van der Waals surface area contributed by atoms with Crippen molar-refractivity contribution in [2.24, 2.45) is 0 Å². The Balaban J connectivity index is 1.96. The molecule has 0 spiro atoms. The largest absolute Gasteiger partial charge is 0.495 e. The fourth-order valence-electron chi connectivity index (χ4n) is 3.26. The van der Waals surface area contributed by atoms with Crippen LogP contribution in [0.2, 0.25) is 5.02 Å². The van der Waals surface area contributed by atoms with Crippen LogP contribution in [0.15, 0.2) is 29.2 Å². The third-order valence-corrected chi connectivity index (χ3v) is 5.75. The number of rotatable bonds is 6. The van der Waals surface area contributed by atoms with E-state index in [-0.39, 0.29) is 11.5 Å². The molecule has 0 unspecified atom stereocenters. The molecule has 0 radical (unpaired) electrons. The van der Waals surface area contributed by atoms with Gasteiger partial charge in [0.1, 0.15) is 12.3 Å². The van der Waals surface area contributed by atoms with Gasteiger partial charge in [0.25, 0.3) is 11.1 Å². The Kier molecular flexibility index (Phi) is 6.58. The third-order valence-electron chi connectivity index (χ3n) is 4.60. The van der Waals surface area contributed by atoms with Crippen LogP contribution in [0.5, 0.6) is 5.75 Å². The van der Waals surface area contributed by atoms with Crippen LogP contribution >= 0.6 is 23.4 Å². The summed E-state index contributed by atoms with van der Waals surface area (Å²) in [6.07, 6.45) is 1.66. The second-order valence-electron chi connectivity index (χ2n) is 6.55. The molecule has 30 heavy (non-hydrogen) atoms. The van der Waals surface area contributed by atoms with E-state index in [2.05, 4.69) is 0 Å². The van der Waals surface area contributed by atoms with Gasteiger partial charge in [-0.1, -0.05) is 11.6 Å². The molecule has 1 aliphatic rings. The first-order chi connectivity index (χ1) is 14.3. The lowest BCUT2D eigenvalue weighted by atomic mass is 10.2. The van der Waals surface area contributed by atoms with Gasteiger partial charge in [-0.3, -0.25) is 19.3 Å². The van der Waals surface area contributed by atoms with E-state index in [1.165, 1.54) is 0 Å². The van der Waals surface area contributed by atoms with Crippen molar-refractivity contribution in [2.75, 3.05) is 20.3 Å². The lowest BCUT2D eigenvalue weighted by Gasteiger charge is -2.14. The summed E-state index contributed by atoms with van der Waals surface area (Å²) in [6.45, 7) is 5.29. The molecule has 1 aromatic heterocycles. The zero-order valence-corrected chi connectivity index (χ0v) is 18.6. The van der Waals surface area contributed by atoms with E-state index in [1.54, 1.807) is 38.3 Å². The first-order valence-corrected chi connectivity index (χ1v) is 10.4. The number of imide groups is 1. The zero-order valence-electron chi connectivity index (χ0n) is 17.0. The van der Waals surface area contributed by atoms with E-state index in [1.807, 2.05) is 24.5 Å². The number of hydrogen-bond donors (Lipinski definition) is 0. The summed E-state index contributed by atoms with van der Waals surface area (Å²) in [5.74, 6) is -0.474. The van der Waals surface area contributed by atoms with Crippen molar-refractivity contribution in [1.82, 2.24) is 9.47 Å². The van der Waals surface area contributed by atoms with E-state index in [9.17, 15) is 14.4 Å². The van der Waals surface area contributed by atoms with Gasteiger partial charge in [0.05, 0.1) is 24.3 Å². The first kappa shape index (κ1) is 22.0. The number of thioether (sulfide) groups is 1. The number of carbonyl (C=O) groups is 3. The molecule has 0 bridgehead atoms. The van der Waals surface area contributed by atoms with Gasteiger partial charge in [0, 0.05) is 16.4 Å². The van der Waals surface area contributed by atoms with Gasteiger partial charge in [0.15, 0.2) is 0 Å². The predicted octanol–water partition coefficient (Wildman–Crippen LogP) is 4.36. The second-order valence-corrected chi connectivity index (χ2v) is 7.98. The van der Waals surface area contributed by atoms with Crippen LogP contribution in [0.1, 0.15) is 23.9 Å². The summed E-state index contributed by atoms with van der Waals surface area (Å²) in [5.41, 5.74) is 3.31. The summed E-state index contributed by atoms with van der Waals surface area (Å²) in [6, 6.07) is 7.25. The first-order valence-electron chi connectivity index (χ1n) is 9.20. The Morgan fingerprint density at radius 3 is 2.63 bits per heavy atom. The molecule has 3 rings (SSSR count). The van der Waals surface area contributed by atoms with E-state index in [4.69, 9.17) is 21.1 Å². The minimum absolute atomic E-state index is 0.184. The molecule has 158 valence electrons. The average molecular weight is 449 g/mol. The molecule has 9 heteroatoms. The van der Waals surface area contributed by atoms with Crippen LogP contribution in [0.3, 0.4) is 0 Å². The normalized spacial score (nSPS) is 15.2. The Labute approximate surface area is 183 Å². The van der Waals surface area contributed by atoms with Gasteiger partial charge in [-0.2, -0.15) is 0 Å². The van der Waals surface area contributed by atoms with Gasteiger partial charge < -0.3 is 14.0 Å². The van der Waals surface area contributed by atoms with Gasteiger partial charge in [0.2, 0.25) is 0 Å². The predicted molar refractivity (Wildman–Crippen MR) is 116 cm³/mol. The number of ether oxygens (including phenoxy) is 2. The molecule has 1 aromatic carbocycles. The molecule has 2 heterocycles. The highest BCUT2D eigenvalue weighted by Crippen LogP contribution is 2.35. The zero-order chi connectivity index (χ0) is 22.0. The number of nitrogens with zero attached hydrogens (tertiary/aromatic N) is 2. The highest BCUT2D eigenvalue weighted by Gasteiger charge is 2.36. The van der Waals surface area contributed by atoms with Crippen molar-refractivity contribution in [3.05, 3.63) is 51.1 Å². The standard InChI is InChI=1S/C21H21ClN2O5S/c1-5-29-19(25)11-23-20(26)18(30-21(23)27)9-14-8-12(2)24(13(14)3)16-10-15(22)6-7-17(16)28-4/h6-10H,5,11H2,1-4H3. The minimum atomic E-state index is -0.618. The number of carbonyl (C=O) groups excluding carboxylic acids is 3. The van der Waals surface area contributed by atoms with Crippen LogP contribution in [0.25, 0.3) is 11.8 Å². The highest BCUT2D eigenvalue weighted by molar-refractivity contribution is 8.18. The van der Waals surface area contributed by atoms with Gasteiger partial charge in [-0.25, -0.2) is 0 Å². The monoisotopic (exact) mass is 448 g/mol. The number of esters is 1. The van der Waals surface area contributed by atoms with Crippen LogP contribution in [-0.4, -0.2) is 46.8 Å². The molecule has 0 N–H and O–H groups in total. The Hall–Kier alpha value is -2.71. The van der Waals surface area contributed by atoms with Crippen LogP contribution < -0.4 is 4.74 Å². The summed E-state index contributed by atoms with van der Waals surface area (Å²) in [5, 5.41) is 0.0737. The van der Waals surface area contributed by atoms with Crippen molar-refractivity contribution in [3.8, 4) is 11.4 Å². The smallest absolute Gasteiger partial charge is 0.326 e. The number of methoxy groups -OCH3 is 1. The quantitative estimate of drug-likeness (QED) is 0.482. The van der Waals surface area contributed by atoms with Gasteiger partial charge >= 0.3 is 5.97 Å². The van der Waals surface area contributed by atoms with Crippen LogP contribution in [0, 0.1) is 13.8 Å². The maximum absolute atomic E-state index is 12.6. The number of aryl methyl sites for hydroxylation is 1. The lowest BCUT2D eigenvalue weighted by molar-refractivity contribution is -0.145. The molecular weight excluding hydrogens is 428 g/mol. The number of amides is 2. The summed E-state index contributed by atoms with van der Waals surface area (Å²) >= 11 is 6.98. The topological polar surface area (TPSA) is 77.8 Å². The molecule has 0 aliphatic carbocycles. The summed E-state index contributed by atoms with van der Waals surface area (Å²) in [4.78, 5) is 37.7. The average Bonchev–Trinajstić information content (AvgIpc) is 3.11. The van der Waals surface area contributed by atoms with Gasteiger partial charge in [-0.15, -0.1) is 0 Å². The number of aromatic nitrogens is 1. The third kappa shape index (κ3) is 4.24. The molecule has 0 atom stereocenters. The fourth-order valence-corrected chi connectivity index (χ4v) is 4.25. The van der Waals surface area contributed by atoms with Crippen molar-refractivity contribution >= 4 is 46.6 Å². The van der Waals surface area contributed by atoms with Crippen molar-refractivity contribution in [2.45, 2.75) is 20.8 Å². The number of hydrogen-bond acceptors (Lipinski definition) is 6. The van der Waals surface area contributed by atoms with Crippen molar-refractivity contribution in [1.29, 1.82) is 0 Å².